The molecule has 0 atom stereocenters. The minimum Gasteiger partial charge on any atom is -0.347 e. The average molecular weight is 165 g/mol. The van der Waals surface area contributed by atoms with Crippen LogP contribution in [-0.2, 0) is 9.08 Å². The third-order valence-electron chi connectivity index (χ3n) is 1.50. The fourth-order valence-corrected chi connectivity index (χ4v) is 1.04. The van der Waals surface area contributed by atoms with Crippen molar-refractivity contribution in [1.82, 2.24) is 0 Å². The number of carbonyl (C=O) groups is 1. The van der Waals surface area contributed by atoms with Gasteiger partial charge < -0.3 is 4.29 Å². The predicted octanol–water partition coefficient (Wildman–Crippen LogP) is 2.51. The van der Waals surface area contributed by atoms with Crippen molar-refractivity contribution < 1.29 is 9.08 Å². The van der Waals surface area contributed by atoms with Crippen LogP contribution in [0.25, 0.3) is 0 Å². The second-order valence-corrected chi connectivity index (χ2v) is 3.15. The molecule has 0 saturated carbocycles. The van der Waals surface area contributed by atoms with E-state index in [2.05, 4.69) is 4.29 Å². The standard InChI is InChI=1S/C7H13ClO2/c1-4-5-7(2,3)6(9)10-8/h4-5H2,1-3H3. The molecule has 0 spiro atoms. The van der Waals surface area contributed by atoms with Gasteiger partial charge in [0.15, 0.2) is 0 Å². The highest BCUT2D eigenvalue weighted by Crippen LogP contribution is 2.24. The molecular weight excluding hydrogens is 152 g/mol. The quantitative estimate of drug-likeness (QED) is 0.641. The highest BCUT2D eigenvalue weighted by molar-refractivity contribution is 6.13. The third-order valence-corrected chi connectivity index (χ3v) is 1.64. The summed E-state index contributed by atoms with van der Waals surface area (Å²) in [5, 5.41) is 0. The zero-order chi connectivity index (χ0) is 8.20. The summed E-state index contributed by atoms with van der Waals surface area (Å²) >= 11 is 4.92. The Morgan fingerprint density at radius 2 is 2.10 bits per heavy atom. The summed E-state index contributed by atoms with van der Waals surface area (Å²) < 4.78 is 4.10. The molecule has 0 saturated heterocycles. The van der Waals surface area contributed by atoms with Crippen LogP contribution in [0, 0.1) is 5.41 Å². The Bertz CT molecular complexity index is 121. The molecule has 0 aromatic heterocycles. The van der Waals surface area contributed by atoms with Gasteiger partial charge in [-0.25, -0.2) is 4.79 Å². The van der Waals surface area contributed by atoms with E-state index in [-0.39, 0.29) is 5.97 Å². The van der Waals surface area contributed by atoms with Gasteiger partial charge in [0.05, 0.1) is 5.41 Å². The van der Waals surface area contributed by atoms with Gasteiger partial charge in [0.2, 0.25) is 0 Å². The Labute approximate surface area is 66.7 Å². The molecule has 0 N–H and O–H groups in total. The van der Waals surface area contributed by atoms with Crippen LogP contribution in [0.1, 0.15) is 33.6 Å². The van der Waals surface area contributed by atoms with E-state index in [1.54, 1.807) is 0 Å². The van der Waals surface area contributed by atoms with E-state index in [0.29, 0.717) is 0 Å². The van der Waals surface area contributed by atoms with Gasteiger partial charge in [-0.2, -0.15) is 0 Å². The van der Waals surface area contributed by atoms with Crippen LogP contribution in [0.3, 0.4) is 0 Å². The highest BCUT2D eigenvalue weighted by atomic mass is 35.5. The van der Waals surface area contributed by atoms with Crippen LogP contribution in [0.2, 0.25) is 0 Å². The second kappa shape index (κ2) is 3.81. The van der Waals surface area contributed by atoms with Crippen molar-refractivity contribution >= 4 is 17.8 Å². The molecule has 0 aromatic rings. The number of hydrogen-bond donors (Lipinski definition) is 0. The molecule has 2 nitrogen and oxygen atoms in total. The lowest BCUT2D eigenvalue weighted by molar-refractivity contribution is -0.143. The average Bonchev–Trinajstić information content (AvgIpc) is 1.86. The fraction of sp³-hybridized carbons (Fsp3) is 0.857. The summed E-state index contributed by atoms with van der Waals surface area (Å²) in [7, 11) is 0. The Balaban J connectivity index is 3.96. The normalized spacial score (nSPS) is 11.2. The summed E-state index contributed by atoms with van der Waals surface area (Å²) in [6.07, 6.45) is 1.76. The SMILES string of the molecule is CCCC(C)(C)C(=O)OCl. The number of carbonyl (C=O) groups excluding carboxylic acids is 1. The van der Waals surface area contributed by atoms with Gasteiger partial charge in [-0.3, -0.25) is 0 Å². The van der Waals surface area contributed by atoms with Crippen LogP contribution in [0.15, 0.2) is 0 Å². The number of halogens is 1. The van der Waals surface area contributed by atoms with E-state index < -0.39 is 5.41 Å². The molecular formula is C7H13ClO2. The van der Waals surface area contributed by atoms with Gasteiger partial charge in [0.25, 0.3) is 0 Å². The topological polar surface area (TPSA) is 26.3 Å². The second-order valence-electron chi connectivity index (χ2n) is 3.00. The van der Waals surface area contributed by atoms with Crippen LogP contribution < -0.4 is 0 Å². The van der Waals surface area contributed by atoms with Gasteiger partial charge in [0, 0.05) is 0 Å². The number of rotatable bonds is 3. The Hall–Kier alpha value is -0.240. The molecule has 0 radical (unpaired) electrons. The summed E-state index contributed by atoms with van der Waals surface area (Å²) in [5.41, 5.74) is -0.434. The van der Waals surface area contributed by atoms with Crippen molar-refractivity contribution in [3.63, 3.8) is 0 Å². The first-order chi connectivity index (χ1) is 4.54. The van der Waals surface area contributed by atoms with Crippen molar-refractivity contribution in [3.05, 3.63) is 0 Å². The monoisotopic (exact) mass is 164 g/mol. The molecule has 10 heavy (non-hydrogen) atoms. The van der Waals surface area contributed by atoms with Crippen molar-refractivity contribution in [3.8, 4) is 0 Å². The molecule has 0 aliphatic carbocycles. The molecule has 0 fully saturated rings. The fourth-order valence-electron chi connectivity index (χ4n) is 0.831. The molecule has 3 heteroatoms. The molecule has 0 rings (SSSR count). The van der Waals surface area contributed by atoms with Gasteiger partial charge >= 0.3 is 5.97 Å². The van der Waals surface area contributed by atoms with E-state index in [0.717, 1.165) is 12.8 Å². The number of hydrogen-bond acceptors (Lipinski definition) is 2. The van der Waals surface area contributed by atoms with Gasteiger partial charge in [-0.15, -0.1) is 0 Å². The molecule has 0 amide bonds. The third kappa shape index (κ3) is 2.56. The maximum Gasteiger partial charge on any atom is 0.330 e. The molecule has 0 bridgehead atoms. The summed E-state index contributed by atoms with van der Waals surface area (Å²) in [6.45, 7) is 5.66. The lowest BCUT2D eigenvalue weighted by Gasteiger charge is -2.18. The lowest BCUT2D eigenvalue weighted by Crippen LogP contribution is -2.23. The molecule has 0 aromatic carbocycles. The van der Waals surface area contributed by atoms with E-state index in [4.69, 9.17) is 11.9 Å². The molecule has 0 aliphatic rings. The van der Waals surface area contributed by atoms with E-state index in [9.17, 15) is 4.79 Å². The molecule has 60 valence electrons. The molecule has 0 heterocycles. The first kappa shape index (κ1) is 9.76. The molecule has 0 unspecified atom stereocenters. The lowest BCUT2D eigenvalue weighted by atomic mass is 9.88. The first-order valence-corrected chi connectivity index (χ1v) is 3.68. The smallest absolute Gasteiger partial charge is 0.330 e. The van der Waals surface area contributed by atoms with E-state index >= 15 is 0 Å². The van der Waals surface area contributed by atoms with Crippen LogP contribution in [0.5, 0.6) is 0 Å². The Morgan fingerprint density at radius 3 is 2.40 bits per heavy atom. The Morgan fingerprint density at radius 1 is 1.60 bits per heavy atom. The maximum absolute atomic E-state index is 10.9. The minimum absolute atomic E-state index is 0.351. The van der Waals surface area contributed by atoms with Crippen LogP contribution in [0.4, 0.5) is 0 Å². The predicted molar refractivity (Wildman–Crippen MR) is 40.6 cm³/mol. The maximum atomic E-state index is 10.9. The van der Waals surface area contributed by atoms with E-state index in [1.807, 2.05) is 20.8 Å². The van der Waals surface area contributed by atoms with Crippen molar-refractivity contribution in [1.29, 1.82) is 0 Å². The summed E-state index contributed by atoms with van der Waals surface area (Å²) in [6, 6.07) is 0. The Kier molecular flexibility index (Phi) is 3.72. The van der Waals surface area contributed by atoms with Crippen LogP contribution in [-0.4, -0.2) is 5.97 Å². The summed E-state index contributed by atoms with van der Waals surface area (Å²) in [4.78, 5) is 10.9. The zero-order valence-electron chi connectivity index (χ0n) is 6.61. The van der Waals surface area contributed by atoms with E-state index in [1.165, 1.54) is 0 Å². The van der Waals surface area contributed by atoms with Crippen molar-refractivity contribution in [2.24, 2.45) is 5.41 Å². The largest absolute Gasteiger partial charge is 0.347 e. The minimum atomic E-state index is -0.434. The summed E-state index contributed by atoms with van der Waals surface area (Å²) in [5.74, 6) is -0.351. The van der Waals surface area contributed by atoms with Crippen LogP contribution >= 0.6 is 11.9 Å². The first-order valence-electron chi connectivity index (χ1n) is 3.37. The molecule has 0 aliphatic heterocycles. The van der Waals surface area contributed by atoms with Crippen molar-refractivity contribution in [2.45, 2.75) is 33.6 Å². The van der Waals surface area contributed by atoms with Gasteiger partial charge in [0.1, 0.15) is 11.9 Å². The van der Waals surface area contributed by atoms with Gasteiger partial charge in [-0.05, 0) is 20.3 Å². The van der Waals surface area contributed by atoms with Crippen molar-refractivity contribution in [2.75, 3.05) is 0 Å². The van der Waals surface area contributed by atoms with Gasteiger partial charge in [-0.1, -0.05) is 13.3 Å². The zero-order valence-corrected chi connectivity index (χ0v) is 7.36. The highest BCUT2D eigenvalue weighted by Gasteiger charge is 2.27.